The Hall–Kier alpha value is -0.610. The maximum absolute atomic E-state index is 11.8. The Bertz CT molecular complexity index is 315. The second-order valence-corrected chi connectivity index (χ2v) is 6.44. The van der Waals surface area contributed by atoms with Gasteiger partial charge in [-0.15, -0.1) is 0 Å². The van der Waals surface area contributed by atoms with Crippen LogP contribution in [0.4, 0.5) is 0 Å². The predicted octanol–water partition coefficient (Wildman–Crippen LogP) is 1.26. The second kappa shape index (κ2) is 5.80. The Morgan fingerprint density at radius 2 is 1.79 bits per heavy atom. The number of amides is 1. The minimum Gasteiger partial charge on any atom is -0.353 e. The van der Waals surface area contributed by atoms with Gasteiger partial charge in [-0.1, -0.05) is 6.92 Å². The number of hydrogen-bond donors (Lipinski definition) is 2. The zero-order valence-corrected chi connectivity index (χ0v) is 12.0. The van der Waals surface area contributed by atoms with Gasteiger partial charge < -0.3 is 10.6 Å². The molecule has 19 heavy (non-hydrogen) atoms. The molecule has 3 aliphatic rings. The molecule has 0 aromatic rings. The quantitative estimate of drug-likeness (QED) is 0.760. The van der Waals surface area contributed by atoms with Crippen molar-refractivity contribution < 1.29 is 4.79 Å². The van der Waals surface area contributed by atoms with E-state index in [0.717, 1.165) is 25.2 Å². The van der Waals surface area contributed by atoms with Gasteiger partial charge in [0, 0.05) is 37.1 Å². The molecule has 2 heterocycles. The molecule has 4 heteroatoms. The van der Waals surface area contributed by atoms with Crippen molar-refractivity contribution in [2.75, 3.05) is 13.1 Å². The van der Waals surface area contributed by atoms with Gasteiger partial charge in [0.15, 0.2) is 0 Å². The van der Waals surface area contributed by atoms with E-state index < -0.39 is 0 Å². The van der Waals surface area contributed by atoms with Crippen molar-refractivity contribution >= 4 is 5.91 Å². The Kier molecular flexibility index (Phi) is 4.08. The number of hydrogen-bond acceptors (Lipinski definition) is 3. The first-order valence-electron chi connectivity index (χ1n) is 8.04. The van der Waals surface area contributed by atoms with Gasteiger partial charge in [-0.25, -0.2) is 0 Å². The summed E-state index contributed by atoms with van der Waals surface area (Å²) in [7, 11) is 0. The fourth-order valence-corrected chi connectivity index (χ4v) is 3.85. The predicted molar refractivity (Wildman–Crippen MR) is 76.0 cm³/mol. The molecule has 0 spiro atoms. The number of nitrogens with one attached hydrogen (secondary N) is 2. The monoisotopic (exact) mass is 265 g/mol. The summed E-state index contributed by atoms with van der Waals surface area (Å²) in [4.78, 5) is 14.4. The molecule has 3 fully saturated rings. The van der Waals surface area contributed by atoms with Gasteiger partial charge in [0.1, 0.15) is 0 Å². The number of carbonyl (C=O) groups is 1. The van der Waals surface area contributed by atoms with Crippen molar-refractivity contribution in [1.29, 1.82) is 0 Å². The third kappa shape index (κ3) is 3.29. The summed E-state index contributed by atoms with van der Waals surface area (Å²) in [6.45, 7) is 4.23. The standard InChI is InChI=1S/C15H27N3O/c1-2-16-12-9-13-5-6-14(10-12)18(13)8-7-15(19)17-11-3-4-11/h11-14,16H,2-10H2,1H3,(H,17,19). The number of fused-ring (bicyclic) bond motifs is 2. The highest BCUT2D eigenvalue weighted by molar-refractivity contribution is 5.76. The Morgan fingerprint density at radius 3 is 2.37 bits per heavy atom. The van der Waals surface area contributed by atoms with E-state index in [0.29, 0.717) is 18.5 Å². The lowest BCUT2D eigenvalue weighted by Crippen LogP contribution is -2.49. The van der Waals surface area contributed by atoms with E-state index in [1.807, 2.05) is 0 Å². The zero-order valence-electron chi connectivity index (χ0n) is 12.0. The van der Waals surface area contributed by atoms with E-state index in [2.05, 4.69) is 22.5 Å². The van der Waals surface area contributed by atoms with E-state index >= 15 is 0 Å². The summed E-state index contributed by atoms with van der Waals surface area (Å²) in [5.41, 5.74) is 0. The van der Waals surface area contributed by atoms with Crippen LogP contribution < -0.4 is 10.6 Å². The van der Waals surface area contributed by atoms with Crippen molar-refractivity contribution in [2.45, 2.75) is 76.0 Å². The summed E-state index contributed by atoms with van der Waals surface area (Å²) in [6.07, 6.45) is 8.27. The lowest BCUT2D eigenvalue weighted by Gasteiger charge is -2.39. The summed E-state index contributed by atoms with van der Waals surface area (Å²) in [5.74, 6) is 0.260. The maximum atomic E-state index is 11.8. The molecule has 108 valence electrons. The third-order valence-electron chi connectivity index (χ3n) is 4.92. The summed E-state index contributed by atoms with van der Waals surface area (Å²) in [6, 6.07) is 2.65. The Labute approximate surface area is 116 Å². The lowest BCUT2D eigenvalue weighted by molar-refractivity contribution is -0.121. The second-order valence-electron chi connectivity index (χ2n) is 6.44. The minimum absolute atomic E-state index is 0.260. The van der Waals surface area contributed by atoms with E-state index in [4.69, 9.17) is 0 Å². The highest BCUT2D eigenvalue weighted by atomic mass is 16.1. The van der Waals surface area contributed by atoms with Crippen LogP contribution in [0.2, 0.25) is 0 Å². The number of piperidine rings is 1. The van der Waals surface area contributed by atoms with Gasteiger partial charge in [0.05, 0.1) is 0 Å². The SMILES string of the molecule is CCNC1CC2CCC(C1)N2CCC(=O)NC1CC1. The summed E-state index contributed by atoms with van der Waals surface area (Å²) < 4.78 is 0. The number of rotatable bonds is 6. The van der Waals surface area contributed by atoms with Crippen molar-refractivity contribution in [3.05, 3.63) is 0 Å². The molecule has 1 aliphatic carbocycles. The maximum Gasteiger partial charge on any atom is 0.221 e. The molecule has 0 aromatic carbocycles. The number of nitrogens with zero attached hydrogens (tertiary/aromatic N) is 1. The first-order valence-corrected chi connectivity index (χ1v) is 8.04. The molecule has 1 amide bonds. The van der Waals surface area contributed by atoms with Crippen molar-refractivity contribution in [1.82, 2.24) is 15.5 Å². The van der Waals surface area contributed by atoms with Gasteiger partial charge in [-0.05, 0) is 45.1 Å². The van der Waals surface area contributed by atoms with E-state index in [9.17, 15) is 4.79 Å². The van der Waals surface area contributed by atoms with Gasteiger partial charge in [-0.2, -0.15) is 0 Å². The Balaban J connectivity index is 1.45. The van der Waals surface area contributed by atoms with E-state index in [1.54, 1.807) is 0 Å². The van der Waals surface area contributed by atoms with Crippen molar-refractivity contribution in [2.24, 2.45) is 0 Å². The van der Waals surface area contributed by atoms with Crippen LogP contribution >= 0.6 is 0 Å². The van der Waals surface area contributed by atoms with E-state index in [1.165, 1.54) is 38.5 Å². The molecule has 3 rings (SSSR count). The fraction of sp³-hybridized carbons (Fsp3) is 0.933. The van der Waals surface area contributed by atoms with Crippen LogP contribution in [-0.4, -0.2) is 48.1 Å². The molecular weight excluding hydrogens is 238 g/mol. The third-order valence-corrected chi connectivity index (χ3v) is 4.92. The normalized spacial score (nSPS) is 34.5. The highest BCUT2D eigenvalue weighted by Crippen LogP contribution is 2.35. The van der Waals surface area contributed by atoms with Crippen molar-refractivity contribution in [3.8, 4) is 0 Å². The minimum atomic E-state index is 0.260. The highest BCUT2D eigenvalue weighted by Gasteiger charge is 2.40. The molecule has 2 N–H and O–H groups in total. The Morgan fingerprint density at radius 1 is 1.11 bits per heavy atom. The van der Waals surface area contributed by atoms with Crippen LogP contribution in [-0.2, 0) is 4.79 Å². The molecule has 4 nitrogen and oxygen atoms in total. The van der Waals surface area contributed by atoms with Gasteiger partial charge in [0.2, 0.25) is 5.91 Å². The van der Waals surface area contributed by atoms with E-state index in [-0.39, 0.29) is 5.91 Å². The molecule has 2 saturated heterocycles. The first kappa shape index (κ1) is 13.4. The zero-order chi connectivity index (χ0) is 13.2. The lowest BCUT2D eigenvalue weighted by atomic mass is 9.97. The molecular formula is C15H27N3O. The van der Waals surface area contributed by atoms with Crippen LogP contribution in [0.15, 0.2) is 0 Å². The molecule has 0 radical (unpaired) electrons. The molecule has 0 aromatic heterocycles. The van der Waals surface area contributed by atoms with Gasteiger partial charge in [0.25, 0.3) is 0 Å². The van der Waals surface area contributed by atoms with Crippen LogP contribution in [0.5, 0.6) is 0 Å². The molecule has 2 unspecified atom stereocenters. The largest absolute Gasteiger partial charge is 0.353 e. The molecule has 2 aliphatic heterocycles. The molecule has 2 bridgehead atoms. The molecule has 1 saturated carbocycles. The fourth-order valence-electron chi connectivity index (χ4n) is 3.85. The molecule has 2 atom stereocenters. The van der Waals surface area contributed by atoms with Crippen LogP contribution in [0.25, 0.3) is 0 Å². The van der Waals surface area contributed by atoms with Crippen LogP contribution in [0, 0.1) is 0 Å². The smallest absolute Gasteiger partial charge is 0.221 e. The topological polar surface area (TPSA) is 44.4 Å². The van der Waals surface area contributed by atoms with Gasteiger partial charge >= 0.3 is 0 Å². The number of carbonyl (C=O) groups excluding carboxylic acids is 1. The van der Waals surface area contributed by atoms with Gasteiger partial charge in [-0.3, -0.25) is 9.69 Å². The van der Waals surface area contributed by atoms with Crippen LogP contribution in [0.3, 0.4) is 0 Å². The average Bonchev–Trinajstić information content (AvgIpc) is 3.14. The summed E-state index contributed by atoms with van der Waals surface area (Å²) in [5, 5.41) is 6.69. The van der Waals surface area contributed by atoms with Crippen molar-refractivity contribution in [3.63, 3.8) is 0 Å². The average molecular weight is 265 g/mol. The first-order chi connectivity index (χ1) is 9.26. The summed E-state index contributed by atoms with van der Waals surface area (Å²) >= 11 is 0. The van der Waals surface area contributed by atoms with Crippen LogP contribution in [0.1, 0.15) is 51.9 Å².